The van der Waals surface area contributed by atoms with Crippen molar-refractivity contribution in [2.45, 2.75) is 12.5 Å². The first-order chi connectivity index (χ1) is 13.1. The number of benzene rings is 3. The highest BCUT2D eigenvalue weighted by Crippen LogP contribution is 2.31. The summed E-state index contributed by atoms with van der Waals surface area (Å²) in [4.78, 5) is 24.9. The Morgan fingerprint density at radius 2 is 1.74 bits per heavy atom. The molecule has 0 radical (unpaired) electrons. The fourth-order valence-corrected chi connectivity index (χ4v) is 3.49. The normalized spacial score (nSPS) is 15.6. The number of anilines is 1. The van der Waals surface area contributed by atoms with E-state index in [0.29, 0.717) is 17.5 Å². The van der Waals surface area contributed by atoms with Crippen molar-refractivity contribution in [3.05, 3.63) is 98.6 Å². The van der Waals surface area contributed by atoms with Gasteiger partial charge in [-0.1, -0.05) is 30.3 Å². The van der Waals surface area contributed by atoms with Gasteiger partial charge in [-0.05, 0) is 76.2 Å². The number of rotatable bonds is 3. The van der Waals surface area contributed by atoms with E-state index >= 15 is 0 Å². The van der Waals surface area contributed by atoms with Gasteiger partial charge in [0.1, 0.15) is 6.10 Å². The van der Waals surface area contributed by atoms with Gasteiger partial charge in [-0.3, -0.25) is 4.79 Å². The number of carbonyl (C=O) groups is 2. The van der Waals surface area contributed by atoms with Crippen molar-refractivity contribution in [1.82, 2.24) is 0 Å². The molecule has 0 bridgehead atoms. The van der Waals surface area contributed by atoms with Crippen molar-refractivity contribution in [2.75, 3.05) is 5.32 Å². The van der Waals surface area contributed by atoms with Crippen molar-refractivity contribution in [3.8, 4) is 0 Å². The number of amides is 1. The number of carbonyl (C=O) groups excluding carboxylic acids is 2. The highest BCUT2D eigenvalue weighted by Gasteiger charge is 2.28. The molecular weight excluding hydrogens is 453 g/mol. The highest BCUT2D eigenvalue weighted by atomic mass is 127. The molecule has 5 heteroatoms. The van der Waals surface area contributed by atoms with Crippen LogP contribution in [0.3, 0.4) is 0 Å². The molecule has 3 aromatic carbocycles. The number of esters is 1. The number of ether oxygens (including phenoxy) is 1. The van der Waals surface area contributed by atoms with E-state index in [1.807, 2.05) is 54.6 Å². The van der Waals surface area contributed by atoms with Gasteiger partial charge in [0.15, 0.2) is 0 Å². The van der Waals surface area contributed by atoms with Crippen LogP contribution in [0.5, 0.6) is 0 Å². The Kier molecular flexibility index (Phi) is 4.94. The van der Waals surface area contributed by atoms with Crippen LogP contribution in [0.1, 0.15) is 37.9 Å². The van der Waals surface area contributed by atoms with Gasteiger partial charge in [0.2, 0.25) is 0 Å². The summed E-state index contributed by atoms with van der Waals surface area (Å²) < 4.78 is 6.67. The lowest BCUT2D eigenvalue weighted by Crippen LogP contribution is -2.23. The Bertz CT molecular complexity index is 1000. The summed E-state index contributed by atoms with van der Waals surface area (Å²) in [5.41, 5.74) is 3.56. The van der Waals surface area contributed by atoms with Crippen LogP contribution < -0.4 is 5.32 Å². The molecule has 0 saturated carbocycles. The van der Waals surface area contributed by atoms with Crippen LogP contribution in [0.4, 0.5) is 5.69 Å². The minimum absolute atomic E-state index is 0.200. The van der Waals surface area contributed by atoms with Crippen LogP contribution in [0, 0.1) is 3.57 Å². The van der Waals surface area contributed by atoms with E-state index in [0.717, 1.165) is 20.4 Å². The van der Waals surface area contributed by atoms with Crippen LogP contribution in [0.2, 0.25) is 0 Å². The lowest BCUT2D eigenvalue weighted by molar-refractivity contribution is 0.0252. The third kappa shape index (κ3) is 3.88. The van der Waals surface area contributed by atoms with Gasteiger partial charge < -0.3 is 10.1 Å². The maximum absolute atomic E-state index is 12.6. The molecule has 1 aliphatic heterocycles. The van der Waals surface area contributed by atoms with E-state index in [1.54, 1.807) is 18.2 Å². The van der Waals surface area contributed by atoms with E-state index in [2.05, 4.69) is 27.9 Å². The van der Waals surface area contributed by atoms with Crippen molar-refractivity contribution in [2.24, 2.45) is 0 Å². The molecule has 1 aliphatic rings. The maximum Gasteiger partial charge on any atom is 0.339 e. The molecular formula is C22H16INO3. The Balaban J connectivity index is 1.58. The number of halogens is 1. The maximum atomic E-state index is 12.6. The van der Waals surface area contributed by atoms with Crippen molar-refractivity contribution in [1.29, 1.82) is 0 Å². The fourth-order valence-electron chi connectivity index (χ4n) is 3.13. The minimum Gasteiger partial charge on any atom is -0.454 e. The van der Waals surface area contributed by atoms with Crippen molar-refractivity contribution < 1.29 is 14.3 Å². The fraction of sp³-hybridized carbons (Fsp3) is 0.0909. The summed E-state index contributed by atoms with van der Waals surface area (Å²) in [5, 5.41) is 2.89. The van der Waals surface area contributed by atoms with Gasteiger partial charge >= 0.3 is 5.97 Å². The summed E-state index contributed by atoms with van der Waals surface area (Å²) in [5.74, 6) is -0.552. The number of nitrogens with one attached hydrogen (secondary N) is 1. The zero-order valence-electron chi connectivity index (χ0n) is 14.3. The number of hydrogen-bond acceptors (Lipinski definition) is 3. The first-order valence-electron chi connectivity index (χ1n) is 8.56. The third-order valence-electron chi connectivity index (χ3n) is 4.52. The molecule has 3 aromatic rings. The summed E-state index contributed by atoms with van der Waals surface area (Å²) in [6, 6.07) is 22.4. The lowest BCUT2D eigenvalue weighted by Gasteiger charge is -2.25. The average molecular weight is 469 g/mol. The number of fused-ring (bicyclic) bond motifs is 1. The molecule has 0 fully saturated rings. The lowest BCUT2D eigenvalue weighted by atomic mass is 9.93. The molecule has 0 saturated heterocycles. The Morgan fingerprint density at radius 1 is 1.00 bits per heavy atom. The molecule has 27 heavy (non-hydrogen) atoms. The zero-order valence-corrected chi connectivity index (χ0v) is 16.5. The van der Waals surface area contributed by atoms with Crippen molar-refractivity contribution >= 4 is 40.2 Å². The van der Waals surface area contributed by atoms with Gasteiger partial charge in [0.25, 0.3) is 5.91 Å². The van der Waals surface area contributed by atoms with Crippen LogP contribution in [-0.2, 0) is 11.2 Å². The quantitative estimate of drug-likeness (QED) is 0.434. The van der Waals surface area contributed by atoms with E-state index in [9.17, 15) is 9.59 Å². The van der Waals surface area contributed by atoms with Gasteiger partial charge in [0.05, 0.1) is 5.56 Å². The molecule has 134 valence electrons. The topological polar surface area (TPSA) is 55.4 Å². The van der Waals surface area contributed by atoms with Gasteiger partial charge in [-0.15, -0.1) is 0 Å². The molecule has 1 atom stereocenters. The second-order valence-electron chi connectivity index (χ2n) is 6.34. The van der Waals surface area contributed by atoms with Gasteiger partial charge in [-0.2, -0.15) is 0 Å². The first kappa shape index (κ1) is 17.7. The van der Waals surface area contributed by atoms with E-state index < -0.39 is 0 Å². The molecule has 0 unspecified atom stereocenters. The summed E-state index contributed by atoms with van der Waals surface area (Å²) in [7, 11) is 0. The molecule has 1 heterocycles. The zero-order chi connectivity index (χ0) is 18.8. The molecule has 0 spiro atoms. The second kappa shape index (κ2) is 7.52. The Labute approximate surface area is 170 Å². The minimum atomic E-state index is -0.352. The second-order valence-corrected chi connectivity index (χ2v) is 7.59. The molecule has 0 aliphatic carbocycles. The highest BCUT2D eigenvalue weighted by molar-refractivity contribution is 14.1. The van der Waals surface area contributed by atoms with E-state index in [-0.39, 0.29) is 18.0 Å². The molecule has 4 nitrogen and oxygen atoms in total. The molecule has 1 amide bonds. The van der Waals surface area contributed by atoms with E-state index in [4.69, 9.17) is 4.74 Å². The van der Waals surface area contributed by atoms with Crippen LogP contribution in [0.25, 0.3) is 0 Å². The van der Waals surface area contributed by atoms with E-state index in [1.165, 1.54) is 0 Å². The Morgan fingerprint density at radius 3 is 2.48 bits per heavy atom. The van der Waals surface area contributed by atoms with Crippen LogP contribution in [0.15, 0.2) is 72.8 Å². The Hall–Kier alpha value is -2.67. The molecule has 4 rings (SSSR count). The third-order valence-corrected chi connectivity index (χ3v) is 5.23. The summed E-state index contributed by atoms with van der Waals surface area (Å²) in [6.07, 6.45) is 0.219. The summed E-state index contributed by atoms with van der Waals surface area (Å²) >= 11 is 2.22. The van der Waals surface area contributed by atoms with Gasteiger partial charge in [0, 0.05) is 21.2 Å². The van der Waals surface area contributed by atoms with Crippen molar-refractivity contribution in [3.63, 3.8) is 0 Å². The predicted molar refractivity (Wildman–Crippen MR) is 112 cm³/mol. The smallest absolute Gasteiger partial charge is 0.339 e. The van der Waals surface area contributed by atoms with Gasteiger partial charge in [-0.25, -0.2) is 4.79 Å². The monoisotopic (exact) mass is 469 g/mol. The standard InChI is InChI=1S/C22H16INO3/c23-17-7-9-18(10-8-17)24-21(25)15-6-11-19-16(12-15)13-20(27-22(19)26)14-4-2-1-3-5-14/h1-12,20H,13H2,(H,24,25)/t20-/m0/s1. The van der Waals surface area contributed by atoms with Crippen LogP contribution in [-0.4, -0.2) is 11.9 Å². The molecule has 1 N–H and O–H groups in total. The number of cyclic esters (lactones) is 1. The number of hydrogen-bond donors (Lipinski definition) is 1. The predicted octanol–water partition coefficient (Wildman–Crippen LogP) is 5.00. The average Bonchev–Trinajstić information content (AvgIpc) is 2.70. The molecule has 0 aromatic heterocycles. The SMILES string of the molecule is O=C(Nc1ccc(I)cc1)c1ccc2c(c1)C[C@@H](c1ccccc1)OC2=O. The van der Waals surface area contributed by atoms with Crippen LogP contribution >= 0.6 is 22.6 Å². The summed E-state index contributed by atoms with van der Waals surface area (Å²) in [6.45, 7) is 0. The largest absolute Gasteiger partial charge is 0.454 e. The first-order valence-corrected chi connectivity index (χ1v) is 9.64.